The van der Waals surface area contributed by atoms with Crippen LogP contribution in [0.25, 0.3) is 0 Å². The second-order valence-electron chi connectivity index (χ2n) is 4.96. The van der Waals surface area contributed by atoms with Crippen molar-refractivity contribution in [1.29, 1.82) is 0 Å². The minimum atomic E-state index is 0.233. The molecule has 0 bridgehead atoms. The first-order valence-electron chi connectivity index (χ1n) is 6.17. The third-order valence-corrected chi connectivity index (χ3v) is 2.86. The number of rotatable bonds is 7. The molecule has 0 aliphatic heterocycles. The summed E-state index contributed by atoms with van der Waals surface area (Å²) in [6, 6.07) is 0. The van der Waals surface area contributed by atoms with Crippen LogP contribution in [-0.4, -0.2) is 33.8 Å². The van der Waals surface area contributed by atoms with Crippen molar-refractivity contribution in [2.24, 2.45) is 5.92 Å². The van der Waals surface area contributed by atoms with Crippen LogP contribution >= 0.6 is 0 Å². The van der Waals surface area contributed by atoms with E-state index in [0.717, 1.165) is 6.42 Å². The molecule has 1 aliphatic rings. The highest BCUT2D eigenvalue weighted by molar-refractivity contribution is 4.89. The molecular formula is C11H21N4O2+. The zero-order chi connectivity index (χ0) is 12.3. The zero-order valence-electron chi connectivity index (χ0n) is 10.7. The number of H-pyrrole nitrogens is 1. The van der Waals surface area contributed by atoms with E-state index in [1.54, 1.807) is 11.0 Å². The minimum Gasteiger partial charge on any atom is -0.375 e. The van der Waals surface area contributed by atoms with E-state index >= 15 is 0 Å². The van der Waals surface area contributed by atoms with Gasteiger partial charge in [0.05, 0.1) is 18.3 Å². The molecule has 1 aliphatic carbocycles. The summed E-state index contributed by atoms with van der Waals surface area (Å²) in [5.74, 6) is 0.664. The Hall–Kier alpha value is -1.01. The van der Waals surface area contributed by atoms with Crippen molar-refractivity contribution >= 4 is 0 Å². The topological polar surface area (TPSA) is 63.9 Å². The van der Waals surface area contributed by atoms with Gasteiger partial charge >= 0.3 is 0 Å². The average Bonchev–Trinajstić information content (AvgIpc) is 2.81. The summed E-state index contributed by atoms with van der Waals surface area (Å²) in [6.07, 6.45) is 4.84. The smallest absolute Gasteiger partial charge is 0.290 e. The molecule has 0 saturated heterocycles. The van der Waals surface area contributed by atoms with Crippen LogP contribution in [0.3, 0.4) is 0 Å². The van der Waals surface area contributed by atoms with Crippen molar-refractivity contribution in [2.45, 2.75) is 58.7 Å². The molecular weight excluding hydrogens is 220 g/mol. The van der Waals surface area contributed by atoms with Gasteiger partial charge in [0.15, 0.2) is 11.9 Å². The first-order chi connectivity index (χ1) is 8.15. The Morgan fingerprint density at radius 3 is 2.94 bits per heavy atom. The molecule has 1 heterocycles. The van der Waals surface area contributed by atoms with Crippen LogP contribution in [0.5, 0.6) is 0 Å². The van der Waals surface area contributed by atoms with Gasteiger partial charge in [-0.3, -0.25) is 0 Å². The molecule has 17 heavy (non-hydrogen) atoms. The van der Waals surface area contributed by atoms with E-state index in [4.69, 9.17) is 9.47 Å². The second kappa shape index (κ2) is 5.55. The standard InChI is InChI=1S/C11H20N4O2/c1-8(2)17-11-5-10(11)4-9(3)16-7-15-6-12-13-14-15/h6,8-11H,4-5,7H2,1-3H3/p+1. The summed E-state index contributed by atoms with van der Waals surface area (Å²) in [6.45, 7) is 6.72. The van der Waals surface area contributed by atoms with Gasteiger partial charge < -0.3 is 9.47 Å². The summed E-state index contributed by atoms with van der Waals surface area (Å²) in [5, 5.41) is 9.98. The van der Waals surface area contributed by atoms with Gasteiger partial charge in [0.2, 0.25) is 0 Å². The summed E-state index contributed by atoms with van der Waals surface area (Å²) in [5.41, 5.74) is 0. The Bertz CT molecular complexity index is 328. The predicted octanol–water partition coefficient (Wildman–Crippen LogP) is 0.658. The van der Waals surface area contributed by atoms with Crippen LogP contribution in [0.4, 0.5) is 0 Å². The SMILES string of the molecule is CC(C)OC1CC1CC(C)OC[n+]1cnn[nH]1. The monoisotopic (exact) mass is 241 g/mol. The maximum Gasteiger partial charge on any atom is 0.290 e. The molecule has 0 aromatic carbocycles. The normalized spacial score (nSPS) is 25.2. The number of hydrogen-bond donors (Lipinski definition) is 1. The second-order valence-corrected chi connectivity index (χ2v) is 4.96. The Kier molecular flexibility index (Phi) is 4.06. The van der Waals surface area contributed by atoms with E-state index in [-0.39, 0.29) is 6.10 Å². The third-order valence-electron chi connectivity index (χ3n) is 2.86. The zero-order valence-corrected chi connectivity index (χ0v) is 10.7. The maximum absolute atomic E-state index is 5.74. The molecule has 0 radical (unpaired) electrons. The largest absolute Gasteiger partial charge is 0.375 e. The number of tetrazole rings is 1. The van der Waals surface area contributed by atoms with Gasteiger partial charge in [-0.15, -0.1) is 4.68 Å². The van der Waals surface area contributed by atoms with Crippen LogP contribution in [0.1, 0.15) is 33.6 Å². The summed E-state index contributed by atoms with van der Waals surface area (Å²) < 4.78 is 13.1. The molecule has 3 unspecified atom stereocenters. The minimum absolute atomic E-state index is 0.233. The summed E-state index contributed by atoms with van der Waals surface area (Å²) in [7, 11) is 0. The van der Waals surface area contributed by atoms with E-state index in [2.05, 4.69) is 36.3 Å². The number of aromatic amines is 1. The first-order valence-corrected chi connectivity index (χ1v) is 6.17. The first kappa shape index (κ1) is 12.4. The third kappa shape index (κ3) is 4.05. The maximum atomic E-state index is 5.74. The van der Waals surface area contributed by atoms with Crippen molar-refractivity contribution in [3.05, 3.63) is 6.33 Å². The fraction of sp³-hybridized carbons (Fsp3) is 0.909. The molecule has 1 aromatic heterocycles. The van der Waals surface area contributed by atoms with E-state index < -0.39 is 0 Å². The van der Waals surface area contributed by atoms with E-state index in [0.29, 0.717) is 24.9 Å². The molecule has 0 spiro atoms. The Balaban J connectivity index is 1.60. The van der Waals surface area contributed by atoms with Gasteiger partial charge in [-0.05, 0) is 39.5 Å². The average molecular weight is 241 g/mol. The van der Waals surface area contributed by atoms with Gasteiger partial charge in [-0.2, -0.15) is 0 Å². The fourth-order valence-corrected chi connectivity index (χ4v) is 1.95. The van der Waals surface area contributed by atoms with Crippen molar-refractivity contribution in [2.75, 3.05) is 0 Å². The Morgan fingerprint density at radius 1 is 1.47 bits per heavy atom. The number of aromatic nitrogens is 4. The van der Waals surface area contributed by atoms with Gasteiger partial charge in [-0.1, -0.05) is 5.21 Å². The van der Waals surface area contributed by atoms with Crippen LogP contribution in [0, 0.1) is 5.92 Å². The van der Waals surface area contributed by atoms with Gasteiger partial charge in [0, 0.05) is 0 Å². The molecule has 1 N–H and O–H groups in total. The fourth-order valence-electron chi connectivity index (χ4n) is 1.95. The highest BCUT2D eigenvalue weighted by Crippen LogP contribution is 2.38. The van der Waals surface area contributed by atoms with Crippen LogP contribution in [-0.2, 0) is 16.2 Å². The van der Waals surface area contributed by atoms with Gasteiger partial charge in [-0.25, -0.2) is 0 Å². The Labute approximate surface area is 101 Å². The quantitative estimate of drug-likeness (QED) is 0.712. The van der Waals surface area contributed by atoms with E-state index in [1.807, 2.05) is 0 Å². The molecule has 96 valence electrons. The Morgan fingerprint density at radius 2 is 2.29 bits per heavy atom. The highest BCUT2D eigenvalue weighted by Gasteiger charge is 2.39. The van der Waals surface area contributed by atoms with Crippen LogP contribution in [0.15, 0.2) is 6.33 Å². The van der Waals surface area contributed by atoms with Crippen LogP contribution in [0.2, 0.25) is 0 Å². The molecule has 2 rings (SSSR count). The lowest BCUT2D eigenvalue weighted by molar-refractivity contribution is -0.787. The summed E-state index contributed by atoms with van der Waals surface area (Å²) in [4.78, 5) is 0. The number of nitrogens with one attached hydrogen (secondary N) is 1. The molecule has 6 heteroatoms. The van der Waals surface area contributed by atoms with E-state index in [1.165, 1.54) is 6.42 Å². The van der Waals surface area contributed by atoms with Crippen LogP contribution < -0.4 is 4.68 Å². The lowest BCUT2D eigenvalue weighted by Gasteiger charge is -2.12. The molecule has 1 aromatic rings. The number of nitrogens with zero attached hydrogens (tertiary/aromatic N) is 3. The van der Waals surface area contributed by atoms with Gasteiger partial charge in [0.1, 0.15) is 5.10 Å². The molecule has 1 fully saturated rings. The van der Waals surface area contributed by atoms with Crippen molar-refractivity contribution in [3.8, 4) is 0 Å². The number of hydrogen-bond acceptors (Lipinski definition) is 4. The molecule has 6 nitrogen and oxygen atoms in total. The van der Waals surface area contributed by atoms with Crippen molar-refractivity contribution in [3.63, 3.8) is 0 Å². The highest BCUT2D eigenvalue weighted by atomic mass is 16.5. The summed E-state index contributed by atoms with van der Waals surface area (Å²) >= 11 is 0. The van der Waals surface area contributed by atoms with Crippen molar-refractivity contribution < 1.29 is 14.2 Å². The molecule has 1 saturated carbocycles. The molecule has 0 amide bonds. The van der Waals surface area contributed by atoms with E-state index in [9.17, 15) is 0 Å². The molecule has 3 atom stereocenters. The van der Waals surface area contributed by atoms with Gasteiger partial charge in [0.25, 0.3) is 6.33 Å². The predicted molar refractivity (Wildman–Crippen MR) is 59.9 cm³/mol. The lowest BCUT2D eigenvalue weighted by Crippen LogP contribution is -2.38. The van der Waals surface area contributed by atoms with Crippen molar-refractivity contribution in [1.82, 2.24) is 15.5 Å². The number of ether oxygens (including phenoxy) is 2. The lowest BCUT2D eigenvalue weighted by atomic mass is 10.2.